The van der Waals surface area contributed by atoms with Gasteiger partial charge in [-0.25, -0.2) is 9.55 Å². The number of rotatable bonds is 8. The van der Waals surface area contributed by atoms with E-state index in [1.807, 2.05) is 12.4 Å². The van der Waals surface area contributed by atoms with Gasteiger partial charge >= 0.3 is 0 Å². The van der Waals surface area contributed by atoms with Gasteiger partial charge in [0.25, 0.3) is 5.82 Å². The van der Waals surface area contributed by atoms with E-state index in [-0.39, 0.29) is 0 Å². The Morgan fingerprint density at radius 1 is 1.38 bits per heavy atom. The van der Waals surface area contributed by atoms with Crippen molar-refractivity contribution >= 4 is 0 Å². The highest BCUT2D eigenvalue weighted by Gasteiger charge is 2.08. The number of nitrogens with one attached hydrogen (secondary N) is 1. The molecule has 4 nitrogen and oxygen atoms in total. The van der Waals surface area contributed by atoms with Gasteiger partial charge in [-0.1, -0.05) is 6.42 Å². The molecule has 1 aromatic heterocycles. The highest BCUT2D eigenvalue weighted by Crippen LogP contribution is 2.02. The molecular formula is C12H20N3O+. The molecule has 0 aromatic carbocycles. The lowest BCUT2D eigenvalue weighted by atomic mass is 10.1. The van der Waals surface area contributed by atoms with Crippen LogP contribution in [0.15, 0.2) is 12.4 Å². The number of hydrogen-bond acceptors (Lipinski definition) is 2. The number of nitrogens with zero attached hydrogens (tertiary/aromatic N) is 2. The molecule has 0 amide bonds. The molecule has 1 N–H and O–H groups in total. The minimum absolute atomic E-state index is 0.626. The van der Waals surface area contributed by atoms with Crippen molar-refractivity contribution in [2.75, 3.05) is 7.11 Å². The minimum Gasteiger partial charge on any atom is -0.372 e. The van der Waals surface area contributed by atoms with Crippen LogP contribution in [0.1, 0.15) is 37.9 Å². The quantitative estimate of drug-likeness (QED) is 0.539. The van der Waals surface area contributed by atoms with E-state index in [9.17, 15) is 0 Å². The third kappa shape index (κ3) is 4.45. The van der Waals surface area contributed by atoms with Gasteiger partial charge < -0.3 is 4.74 Å². The Morgan fingerprint density at radius 2 is 2.19 bits per heavy atom. The zero-order valence-corrected chi connectivity index (χ0v) is 9.91. The molecule has 0 aliphatic rings. The van der Waals surface area contributed by atoms with Gasteiger partial charge in [0.2, 0.25) is 0 Å². The highest BCUT2D eigenvalue weighted by molar-refractivity contribution is 4.73. The Labute approximate surface area is 96.9 Å². The van der Waals surface area contributed by atoms with Gasteiger partial charge in [0, 0.05) is 13.5 Å². The SMILES string of the molecule is COCc1[nH]cc[n+]1CCCCCCC#N. The standard InChI is InChI=1S/C12H19N3O/c1-16-11-12-14-8-10-15(12)9-6-4-2-3-5-7-13/h8,10H,2-6,9,11H2,1H3/p+1. The van der Waals surface area contributed by atoms with Gasteiger partial charge in [-0.3, -0.25) is 0 Å². The maximum Gasteiger partial charge on any atom is 0.280 e. The molecule has 0 fully saturated rings. The van der Waals surface area contributed by atoms with Crippen molar-refractivity contribution in [1.29, 1.82) is 5.26 Å². The van der Waals surface area contributed by atoms with Crippen LogP contribution in [-0.4, -0.2) is 12.1 Å². The van der Waals surface area contributed by atoms with Gasteiger partial charge in [0.1, 0.15) is 19.0 Å². The lowest BCUT2D eigenvalue weighted by Crippen LogP contribution is -2.36. The molecule has 4 heteroatoms. The topological polar surface area (TPSA) is 52.7 Å². The molecule has 1 rings (SSSR count). The number of H-pyrrole nitrogens is 1. The lowest BCUT2D eigenvalue weighted by Gasteiger charge is -2.00. The Morgan fingerprint density at radius 3 is 2.94 bits per heavy atom. The first kappa shape index (κ1) is 12.7. The zero-order chi connectivity index (χ0) is 11.6. The van der Waals surface area contributed by atoms with E-state index in [0.29, 0.717) is 13.0 Å². The number of methoxy groups -OCH3 is 1. The second-order valence-corrected chi connectivity index (χ2v) is 3.86. The molecule has 0 saturated heterocycles. The largest absolute Gasteiger partial charge is 0.372 e. The first-order valence-corrected chi connectivity index (χ1v) is 5.80. The Bertz CT molecular complexity index is 327. The molecule has 0 unspecified atom stereocenters. The summed E-state index contributed by atoms with van der Waals surface area (Å²) in [4.78, 5) is 3.16. The molecule has 0 saturated carbocycles. The molecule has 88 valence electrons. The zero-order valence-electron chi connectivity index (χ0n) is 9.91. The van der Waals surface area contributed by atoms with Gasteiger partial charge in [-0.05, 0) is 19.3 Å². The maximum atomic E-state index is 8.40. The average Bonchev–Trinajstić information content (AvgIpc) is 2.72. The number of aryl methyl sites for hydroxylation is 1. The molecular weight excluding hydrogens is 202 g/mol. The van der Waals surface area contributed by atoms with Crippen LogP contribution in [0.3, 0.4) is 0 Å². The molecule has 0 bridgehead atoms. The first-order chi connectivity index (χ1) is 7.88. The molecule has 16 heavy (non-hydrogen) atoms. The summed E-state index contributed by atoms with van der Waals surface area (Å²) in [6.07, 6.45) is 9.19. The Hall–Kier alpha value is -1.34. The van der Waals surface area contributed by atoms with E-state index in [4.69, 9.17) is 10.00 Å². The Balaban J connectivity index is 2.16. The second kappa shape index (κ2) is 7.89. The van der Waals surface area contributed by atoms with Crippen molar-refractivity contribution in [2.45, 2.75) is 45.3 Å². The summed E-state index contributed by atoms with van der Waals surface area (Å²) in [6, 6.07) is 2.17. The van der Waals surface area contributed by atoms with Crippen molar-refractivity contribution in [2.24, 2.45) is 0 Å². The van der Waals surface area contributed by atoms with Gasteiger partial charge in [0.05, 0.1) is 12.6 Å². The molecule has 1 aromatic rings. The minimum atomic E-state index is 0.626. The number of nitriles is 1. The van der Waals surface area contributed by atoms with E-state index in [0.717, 1.165) is 31.6 Å². The molecule has 0 atom stereocenters. The first-order valence-electron chi connectivity index (χ1n) is 5.80. The molecule has 0 radical (unpaired) electrons. The van der Waals surface area contributed by atoms with E-state index in [2.05, 4.69) is 15.6 Å². The summed E-state index contributed by atoms with van der Waals surface area (Å²) in [5, 5.41) is 8.40. The van der Waals surface area contributed by atoms with Gasteiger partial charge in [-0.15, -0.1) is 0 Å². The van der Waals surface area contributed by atoms with Crippen LogP contribution in [-0.2, 0) is 17.9 Å². The van der Waals surface area contributed by atoms with Crippen molar-refractivity contribution in [3.63, 3.8) is 0 Å². The fraction of sp³-hybridized carbons (Fsp3) is 0.667. The van der Waals surface area contributed by atoms with Crippen LogP contribution in [0.25, 0.3) is 0 Å². The summed E-state index contributed by atoms with van der Waals surface area (Å²) in [6.45, 7) is 1.65. The van der Waals surface area contributed by atoms with E-state index >= 15 is 0 Å². The van der Waals surface area contributed by atoms with Crippen molar-refractivity contribution in [3.8, 4) is 6.07 Å². The second-order valence-electron chi connectivity index (χ2n) is 3.86. The maximum absolute atomic E-state index is 8.40. The summed E-state index contributed by atoms with van der Waals surface area (Å²) in [5.74, 6) is 1.11. The molecule has 0 aliphatic carbocycles. The number of unbranched alkanes of at least 4 members (excludes halogenated alkanes) is 4. The van der Waals surface area contributed by atoms with E-state index in [1.165, 1.54) is 6.42 Å². The van der Waals surface area contributed by atoms with Crippen molar-refractivity contribution in [3.05, 3.63) is 18.2 Å². The van der Waals surface area contributed by atoms with Crippen molar-refractivity contribution < 1.29 is 9.30 Å². The van der Waals surface area contributed by atoms with E-state index < -0.39 is 0 Å². The van der Waals surface area contributed by atoms with Crippen LogP contribution >= 0.6 is 0 Å². The van der Waals surface area contributed by atoms with Crippen LogP contribution in [0.5, 0.6) is 0 Å². The van der Waals surface area contributed by atoms with Gasteiger partial charge in [0.15, 0.2) is 0 Å². The molecule has 0 aliphatic heterocycles. The highest BCUT2D eigenvalue weighted by atomic mass is 16.5. The monoisotopic (exact) mass is 222 g/mol. The summed E-state index contributed by atoms with van der Waals surface area (Å²) in [7, 11) is 1.70. The third-order valence-electron chi connectivity index (χ3n) is 2.57. The van der Waals surface area contributed by atoms with Crippen LogP contribution in [0.2, 0.25) is 0 Å². The predicted molar refractivity (Wildman–Crippen MR) is 60.4 cm³/mol. The number of aromatic amines is 1. The number of imidazole rings is 1. The number of aromatic nitrogens is 2. The normalized spacial score (nSPS) is 10.2. The average molecular weight is 222 g/mol. The van der Waals surface area contributed by atoms with Crippen LogP contribution in [0, 0.1) is 11.3 Å². The van der Waals surface area contributed by atoms with Crippen molar-refractivity contribution in [1.82, 2.24) is 4.98 Å². The Kier molecular flexibility index (Phi) is 6.28. The fourth-order valence-electron chi connectivity index (χ4n) is 1.71. The predicted octanol–water partition coefficient (Wildman–Crippen LogP) is 1.92. The molecule has 1 heterocycles. The summed E-state index contributed by atoms with van der Waals surface area (Å²) in [5.41, 5.74) is 0. The van der Waals surface area contributed by atoms with E-state index in [1.54, 1.807) is 7.11 Å². The van der Waals surface area contributed by atoms with Gasteiger partial charge in [-0.2, -0.15) is 5.26 Å². The third-order valence-corrected chi connectivity index (χ3v) is 2.57. The fourth-order valence-corrected chi connectivity index (χ4v) is 1.71. The smallest absolute Gasteiger partial charge is 0.280 e. The molecule has 0 spiro atoms. The van der Waals surface area contributed by atoms with Crippen LogP contribution in [0.4, 0.5) is 0 Å². The summed E-state index contributed by atoms with van der Waals surface area (Å²) >= 11 is 0. The number of ether oxygens (including phenoxy) is 1. The van der Waals surface area contributed by atoms with Crippen LogP contribution < -0.4 is 4.57 Å². The lowest BCUT2D eigenvalue weighted by molar-refractivity contribution is -0.705. The number of hydrogen-bond donors (Lipinski definition) is 1. The summed E-state index contributed by atoms with van der Waals surface area (Å²) < 4.78 is 7.29.